The lowest BCUT2D eigenvalue weighted by molar-refractivity contribution is -0.386. The first kappa shape index (κ1) is 17.1. The van der Waals surface area contributed by atoms with Gasteiger partial charge in [0.15, 0.2) is 17.0 Å². The molecule has 1 unspecified atom stereocenters. The SMILES string of the molecule is CC(Oc1ccccc1[N+](=O)[O-])C(=O)Nc1nc2ccc(Cl)cc2s1. The first-order valence-corrected chi connectivity index (χ1v) is 8.40. The van der Waals surface area contributed by atoms with Crippen molar-refractivity contribution in [3.8, 4) is 5.75 Å². The third-order valence-corrected chi connectivity index (χ3v) is 4.48. The van der Waals surface area contributed by atoms with E-state index in [0.29, 0.717) is 10.2 Å². The fraction of sp³-hybridized carbons (Fsp3) is 0.125. The molecule has 0 saturated heterocycles. The lowest BCUT2D eigenvalue weighted by atomic mass is 10.3. The Hall–Kier alpha value is -2.71. The van der Waals surface area contributed by atoms with E-state index in [-0.39, 0.29) is 11.4 Å². The number of nitrogens with zero attached hydrogens (tertiary/aromatic N) is 2. The van der Waals surface area contributed by atoms with Crippen LogP contribution in [0, 0.1) is 10.1 Å². The van der Waals surface area contributed by atoms with E-state index in [1.54, 1.807) is 24.3 Å². The van der Waals surface area contributed by atoms with Crippen molar-refractivity contribution in [1.82, 2.24) is 4.98 Å². The van der Waals surface area contributed by atoms with Crippen molar-refractivity contribution in [2.45, 2.75) is 13.0 Å². The van der Waals surface area contributed by atoms with Gasteiger partial charge in [0.1, 0.15) is 0 Å². The summed E-state index contributed by atoms with van der Waals surface area (Å²) in [4.78, 5) is 27.0. The average Bonchev–Trinajstić information content (AvgIpc) is 2.96. The number of carbonyl (C=O) groups is 1. The second-order valence-electron chi connectivity index (χ2n) is 5.11. The van der Waals surface area contributed by atoms with Crippen molar-refractivity contribution in [3.05, 3.63) is 57.6 Å². The second kappa shape index (κ2) is 7.04. The number of aromatic nitrogens is 1. The number of rotatable bonds is 5. The van der Waals surface area contributed by atoms with Gasteiger partial charge >= 0.3 is 5.69 Å². The van der Waals surface area contributed by atoms with Gasteiger partial charge < -0.3 is 4.74 Å². The predicted molar refractivity (Wildman–Crippen MR) is 96.4 cm³/mol. The normalized spacial score (nSPS) is 11.9. The van der Waals surface area contributed by atoms with Crippen molar-refractivity contribution in [3.63, 3.8) is 0 Å². The van der Waals surface area contributed by atoms with Crippen LogP contribution >= 0.6 is 22.9 Å². The first-order chi connectivity index (χ1) is 11.9. The lowest BCUT2D eigenvalue weighted by Gasteiger charge is -2.13. The molecule has 1 heterocycles. The van der Waals surface area contributed by atoms with Crippen molar-refractivity contribution in [2.75, 3.05) is 5.32 Å². The third kappa shape index (κ3) is 3.86. The number of para-hydroxylation sites is 2. The van der Waals surface area contributed by atoms with Crippen LogP contribution in [-0.2, 0) is 4.79 Å². The molecule has 128 valence electrons. The summed E-state index contributed by atoms with van der Waals surface area (Å²) in [6.07, 6.45) is -0.934. The summed E-state index contributed by atoms with van der Waals surface area (Å²) in [6.45, 7) is 1.51. The molecule has 1 amide bonds. The molecular weight excluding hydrogens is 366 g/mol. The Bertz CT molecular complexity index is 959. The number of fused-ring (bicyclic) bond motifs is 1. The maximum Gasteiger partial charge on any atom is 0.310 e. The first-order valence-electron chi connectivity index (χ1n) is 7.21. The Morgan fingerprint density at radius 1 is 1.36 bits per heavy atom. The van der Waals surface area contributed by atoms with Crippen LogP contribution < -0.4 is 10.1 Å². The molecule has 1 atom stereocenters. The Balaban J connectivity index is 1.73. The summed E-state index contributed by atoms with van der Waals surface area (Å²) in [6, 6.07) is 11.1. The van der Waals surface area contributed by atoms with Gasteiger partial charge in [0.05, 0.1) is 15.1 Å². The number of thiazole rings is 1. The number of nitro benzene ring substituents is 1. The van der Waals surface area contributed by atoms with E-state index in [2.05, 4.69) is 10.3 Å². The molecule has 0 radical (unpaired) electrons. The van der Waals surface area contributed by atoms with E-state index in [9.17, 15) is 14.9 Å². The van der Waals surface area contributed by atoms with Crippen LogP contribution in [0.5, 0.6) is 5.75 Å². The van der Waals surface area contributed by atoms with Crippen LogP contribution in [0.3, 0.4) is 0 Å². The quantitative estimate of drug-likeness (QED) is 0.529. The lowest BCUT2D eigenvalue weighted by Crippen LogP contribution is -2.30. The summed E-state index contributed by atoms with van der Waals surface area (Å²) in [5.74, 6) is -0.422. The van der Waals surface area contributed by atoms with Crippen LogP contribution in [0.2, 0.25) is 5.02 Å². The number of carbonyl (C=O) groups excluding carboxylic acids is 1. The molecular formula is C16H12ClN3O4S. The zero-order valence-electron chi connectivity index (χ0n) is 12.9. The highest BCUT2D eigenvalue weighted by molar-refractivity contribution is 7.22. The summed E-state index contributed by atoms with van der Waals surface area (Å²) in [5, 5.41) is 14.6. The molecule has 0 aliphatic rings. The van der Waals surface area contributed by atoms with Crippen LogP contribution in [0.15, 0.2) is 42.5 Å². The van der Waals surface area contributed by atoms with Crippen molar-refractivity contribution < 1.29 is 14.5 Å². The summed E-state index contributed by atoms with van der Waals surface area (Å²) in [5.41, 5.74) is 0.522. The standard InChI is InChI=1S/C16H12ClN3O4S/c1-9(24-13-5-3-2-4-12(13)20(22)23)15(21)19-16-18-11-7-6-10(17)8-14(11)25-16/h2-9H,1H3,(H,18,19,21). The van der Waals surface area contributed by atoms with Gasteiger partial charge in [0.2, 0.25) is 0 Å². The van der Waals surface area contributed by atoms with Gasteiger partial charge in [-0.05, 0) is 31.2 Å². The maximum absolute atomic E-state index is 12.3. The Labute approximate surface area is 151 Å². The highest BCUT2D eigenvalue weighted by Crippen LogP contribution is 2.29. The number of anilines is 1. The number of halogens is 1. The van der Waals surface area contributed by atoms with Crippen molar-refractivity contribution in [1.29, 1.82) is 0 Å². The molecule has 0 bridgehead atoms. The average molecular weight is 378 g/mol. The van der Waals surface area contributed by atoms with Crippen molar-refractivity contribution >= 4 is 49.9 Å². The molecule has 0 spiro atoms. The highest BCUT2D eigenvalue weighted by atomic mass is 35.5. The molecule has 0 aliphatic carbocycles. The molecule has 0 saturated carbocycles. The number of hydrogen-bond donors (Lipinski definition) is 1. The number of amides is 1. The van der Waals surface area contributed by atoms with Crippen LogP contribution in [0.1, 0.15) is 6.92 Å². The monoisotopic (exact) mass is 377 g/mol. The molecule has 9 heteroatoms. The fourth-order valence-electron chi connectivity index (χ4n) is 2.11. The zero-order valence-corrected chi connectivity index (χ0v) is 14.5. The topological polar surface area (TPSA) is 94.4 Å². The van der Waals surface area contributed by atoms with Gasteiger partial charge in [-0.25, -0.2) is 4.98 Å². The largest absolute Gasteiger partial charge is 0.474 e. The van der Waals surface area contributed by atoms with E-state index in [4.69, 9.17) is 16.3 Å². The van der Waals surface area contributed by atoms with E-state index < -0.39 is 16.9 Å². The third-order valence-electron chi connectivity index (χ3n) is 3.32. The van der Waals surface area contributed by atoms with E-state index >= 15 is 0 Å². The summed E-state index contributed by atoms with van der Waals surface area (Å²) >= 11 is 7.21. The zero-order chi connectivity index (χ0) is 18.0. The molecule has 0 fully saturated rings. The molecule has 7 nitrogen and oxygen atoms in total. The highest BCUT2D eigenvalue weighted by Gasteiger charge is 2.21. The number of ether oxygens (including phenoxy) is 1. The van der Waals surface area contributed by atoms with Gasteiger partial charge in [-0.3, -0.25) is 20.2 Å². The van der Waals surface area contributed by atoms with E-state index in [0.717, 1.165) is 10.2 Å². The Morgan fingerprint density at radius 3 is 2.88 bits per heavy atom. The van der Waals surface area contributed by atoms with E-state index in [1.165, 1.54) is 36.5 Å². The molecule has 0 aliphatic heterocycles. The summed E-state index contributed by atoms with van der Waals surface area (Å²) in [7, 11) is 0. The number of benzene rings is 2. The molecule has 1 aromatic heterocycles. The predicted octanol–water partition coefficient (Wildman–Crippen LogP) is 4.26. The fourth-order valence-corrected chi connectivity index (χ4v) is 3.26. The molecule has 25 heavy (non-hydrogen) atoms. The smallest absolute Gasteiger partial charge is 0.310 e. The molecule has 3 aromatic rings. The van der Waals surface area contributed by atoms with Gasteiger partial charge in [-0.1, -0.05) is 35.1 Å². The molecule has 1 N–H and O–H groups in total. The minimum Gasteiger partial charge on any atom is -0.474 e. The minimum atomic E-state index is -0.934. The number of nitrogens with one attached hydrogen (secondary N) is 1. The van der Waals surface area contributed by atoms with Gasteiger partial charge in [-0.2, -0.15) is 0 Å². The van der Waals surface area contributed by atoms with Crippen LogP contribution in [-0.4, -0.2) is 21.9 Å². The van der Waals surface area contributed by atoms with Gasteiger partial charge in [0.25, 0.3) is 5.91 Å². The minimum absolute atomic E-state index is 0.0335. The van der Waals surface area contributed by atoms with Crippen LogP contribution in [0.25, 0.3) is 10.2 Å². The molecule has 2 aromatic carbocycles. The number of hydrogen-bond acceptors (Lipinski definition) is 6. The van der Waals surface area contributed by atoms with Crippen molar-refractivity contribution in [2.24, 2.45) is 0 Å². The van der Waals surface area contributed by atoms with Gasteiger partial charge in [0, 0.05) is 11.1 Å². The van der Waals surface area contributed by atoms with Crippen LogP contribution in [0.4, 0.5) is 10.8 Å². The Morgan fingerprint density at radius 2 is 2.12 bits per heavy atom. The molecule has 3 rings (SSSR count). The maximum atomic E-state index is 12.3. The Kier molecular flexibility index (Phi) is 4.82. The van der Waals surface area contributed by atoms with Gasteiger partial charge in [-0.15, -0.1) is 0 Å². The number of nitro groups is 1. The van der Waals surface area contributed by atoms with E-state index in [1.807, 2.05) is 0 Å². The summed E-state index contributed by atoms with van der Waals surface area (Å²) < 4.78 is 6.28. The second-order valence-corrected chi connectivity index (χ2v) is 6.57.